The summed E-state index contributed by atoms with van der Waals surface area (Å²) >= 11 is 0. The summed E-state index contributed by atoms with van der Waals surface area (Å²) < 4.78 is 29.0. The number of aromatic nitrogens is 2. The van der Waals surface area contributed by atoms with Gasteiger partial charge in [0.1, 0.15) is 11.6 Å². The molecular formula is C32H39N5O3S. The van der Waals surface area contributed by atoms with Gasteiger partial charge in [0, 0.05) is 29.2 Å². The first-order valence-corrected chi connectivity index (χ1v) is 15.6. The second kappa shape index (κ2) is 10.9. The average Bonchev–Trinajstić information content (AvgIpc) is 3.23. The number of anilines is 2. The summed E-state index contributed by atoms with van der Waals surface area (Å²) in [6.07, 6.45) is 6.88. The highest BCUT2D eigenvalue weighted by Crippen LogP contribution is 2.40. The third kappa shape index (κ3) is 6.45. The van der Waals surface area contributed by atoms with E-state index in [4.69, 9.17) is 4.98 Å². The fourth-order valence-electron chi connectivity index (χ4n) is 5.69. The van der Waals surface area contributed by atoms with Crippen LogP contribution in [0.3, 0.4) is 0 Å². The molecule has 2 N–H and O–H groups in total. The van der Waals surface area contributed by atoms with E-state index in [0.717, 1.165) is 37.1 Å². The van der Waals surface area contributed by atoms with Gasteiger partial charge in [-0.25, -0.2) is 14.7 Å². The molecule has 0 radical (unpaired) electrons. The molecule has 2 aliphatic heterocycles. The van der Waals surface area contributed by atoms with Crippen molar-refractivity contribution in [1.82, 2.24) is 14.7 Å². The molecule has 5 rings (SSSR count). The molecule has 4 bridgehead atoms. The van der Waals surface area contributed by atoms with Gasteiger partial charge in [0.2, 0.25) is 0 Å². The molecule has 2 aliphatic rings. The molecular weight excluding hydrogens is 534 g/mol. The van der Waals surface area contributed by atoms with Crippen molar-refractivity contribution in [3.8, 4) is 0 Å². The van der Waals surface area contributed by atoms with Gasteiger partial charge in [-0.2, -0.15) is 8.42 Å². The summed E-state index contributed by atoms with van der Waals surface area (Å²) in [6.45, 7) is 11.3. The van der Waals surface area contributed by atoms with Crippen LogP contribution in [0.15, 0.2) is 71.8 Å². The van der Waals surface area contributed by atoms with Gasteiger partial charge >= 0.3 is 0 Å². The lowest BCUT2D eigenvalue weighted by atomic mass is 9.90. The molecule has 8 nitrogen and oxygen atoms in total. The number of carbonyl (C=O) groups excluding carboxylic acids is 1. The number of carbonyl (C=O) groups is 1. The first kappa shape index (κ1) is 28.8. The highest BCUT2D eigenvalue weighted by molar-refractivity contribution is 7.90. The summed E-state index contributed by atoms with van der Waals surface area (Å²) in [5.41, 5.74) is 1.65. The van der Waals surface area contributed by atoms with Crippen LogP contribution in [0.2, 0.25) is 0 Å². The smallest absolute Gasteiger partial charge is 0.281 e. The van der Waals surface area contributed by atoms with Gasteiger partial charge in [0.05, 0.1) is 5.56 Å². The number of benzene rings is 1. The van der Waals surface area contributed by atoms with E-state index >= 15 is 0 Å². The predicted molar refractivity (Wildman–Crippen MR) is 163 cm³/mol. The van der Waals surface area contributed by atoms with Crippen LogP contribution in [0.1, 0.15) is 75.5 Å². The Morgan fingerprint density at radius 2 is 1.73 bits per heavy atom. The maximum atomic E-state index is 13.6. The molecule has 0 spiro atoms. The Morgan fingerprint density at radius 1 is 0.976 bits per heavy atom. The molecule has 216 valence electrons. The predicted octanol–water partition coefficient (Wildman–Crippen LogP) is 5.79. The van der Waals surface area contributed by atoms with Crippen LogP contribution < -0.4 is 14.9 Å². The molecule has 1 unspecified atom stereocenters. The lowest BCUT2D eigenvalue weighted by molar-refractivity contribution is 0.0981. The Bertz CT molecular complexity index is 1560. The highest BCUT2D eigenvalue weighted by Gasteiger charge is 2.41. The highest BCUT2D eigenvalue weighted by atomic mass is 32.2. The van der Waals surface area contributed by atoms with E-state index in [1.165, 1.54) is 6.07 Å². The van der Waals surface area contributed by atoms with Crippen molar-refractivity contribution in [2.24, 2.45) is 5.92 Å². The molecule has 1 saturated heterocycles. The van der Waals surface area contributed by atoms with Crippen LogP contribution >= 0.6 is 0 Å². The second-order valence-corrected chi connectivity index (χ2v) is 14.3. The number of nitrogens with one attached hydrogen (secondary N) is 2. The molecule has 0 saturated carbocycles. The van der Waals surface area contributed by atoms with Crippen LogP contribution in [0.4, 0.5) is 11.6 Å². The quantitative estimate of drug-likeness (QED) is 0.400. The fraction of sp³-hybridized carbons (Fsp3) is 0.406. The topological polar surface area (TPSA) is 104 Å². The van der Waals surface area contributed by atoms with Crippen LogP contribution in [-0.4, -0.2) is 42.4 Å². The van der Waals surface area contributed by atoms with Gasteiger partial charge in [-0.15, -0.1) is 0 Å². The lowest BCUT2D eigenvalue weighted by Crippen LogP contribution is -2.41. The van der Waals surface area contributed by atoms with Crippen molar-refractivity contribution in [1.29, 1.82) is 0 Å². The Labute approximate surface area is 243 Å². The summed E-state index contributed by atoms with van der Waals surface area (Å²) in [6, 6.07) is 18.3. The van der Waals surface area contributed by atoms with Crippen LogP contribution in [-0.2, 0) is 15.4 Å². The maximum Gasteiger partial charge on any atom is 0.281 e. The van der Waals surface area contributed by atoms with E-state index < -0.39 is 15.9 Å². The summed E-state index contributed by atoms with van der Waals surface area (Å²) in [7, 11) is -4.24. The molecule has 41 heavy (non-hydrogen) atoms. The monoisotopic (exact) mass is 573 g/mol. The number of amides is 1. The zero-order valence-corrected chi connectivity index (χ0v) is 25.2. The third-order valence-corrected chi connectivity index (χ3v) is 9.10. The minimum Gasteiger partial charge on any atom is -0.364 e. The maximum absolute atomic E-state index is 13.6. The number of pyridine rings is 2. The first-order chi connectivity index (χ1) is 19.3. The van der Waals surface area contributed by atoms with Crippen molar-refractivity contribution in [3.05, 3.63) is 83.6 Å². The van der Waals surface area contributed by atoms with Crippen molar-refractivity contribution in [2.75, 3.05) is 16.8 Å². The molecule has 1 fully saturated rings. The van der Waals surface area contributed by atoms with Gasteiger partial charge in [-0.1, -0.05) is 69.3 Å². The molecule has 1 amide bonds. The number of hydrogen-bond donors (Lipinski definition) is 2. The van der Waals surface area contributed by atoms with Crippen LogP contribution in [0.25, 0.3) is 6.08 Å². The van der Waals surface area contributed by atoms with Gasteiger partial charge in [0.25, 0.3) is 15.9 Å². The normalized spacial score (nSPS) is 22.3. The molecule has 2 aromatic heterocycles. The van der Waals surface area contributed by atoms with Gasteiger partial charge < -0.3 is 10.2 Å². The van der Waals surface area contributed by atoms with E-state index in [-0.39, 0.29) is 27.6 Å². The number of nitrogens with zero attached hydrogens (tertiary/aromatic N) is 3. The first-order valence-electron chi connectivity index (χ1n) is 14.1. The van der Waals surface area contributed by atoms with E-state index in [2.05, 4.69) is 66.7 Å². The van der Waals surface area contributed by atoms with Crippen molar-refractivity contribution in [2.45, 2.75) is 75.9 Å². The van der Waals surface area contributed by atoms with Crippen LogP contribution in [0.5, 0.6) is 0 Å². The Hall–Kier alpha value is -3.72. The zero-order valence-electron chi connectivity index (χ0n) is 24.4. The number of rotatable bonds is 2. The number of sulfonamides is 1. The third-order valence-electron chi connectivity index (χ3n) is 7.87. The van der Waals surface area contributed by atoms with Gasteiger partial charge in [0.15, 0.2) is 5.03 Å². The van der Waals surface area contributed by atoms with Gasteiger partial charge in [-0.05, 0) is 68.9 Å². The summed E-state index contributed by atoms with van der Waals surface area (Å²) in [4.78, 5) is 25.1. The van der Waals surface area contributed by atoms with Crippen molar-refractivity contribution < 1.29 is 13.2 Å². The Kier molecular flexibility index (Phi) is 7.68. The fourth-order valence-corrected chi connectivity index (χ4v) is 6.62. The summed E-state index contributed by atoms with van der Waals surface area (Å²) in [5.74, 6) is 0.602. The summed E-state index contributed by atoms with van der Waals surface area (Å²) in [5, 5.41) is 3.20. The second-order valence-electron chi connectivity index (χ2n) is 12.7. The number of fused-ring (bicyclic) bond motifs is 6. The van der Waals surface area contributed by atoms with Crippen LogP contribution in [0, 0.1) is 5.92 Å². The van der Waals surface area contributed by atoms with Gasteiger partial charge in [-0.3, -0.25) is 4.79 Å². The molecule has 9 heteroatoms. The molecule has 1 aromatic carbocycles. The Morgan fingerprint density at radius 3 is 2.46 bits per heavy atom. The largest absolute Gasteiger partial charge is 0.364 e. The standard InChI is InChI=1S/C32H39N5O3S/c1-31(2,3)26-19-18-25-29(34-26)37-21-23(20-32(37,4)5)15-17-24(16-14-22-10-7-6-8-11-22)33-27-12-9-13-28(35-27)41(39,40)36-30(25)38/h6-14,16,18-19,23-24H,15,17,20-21H2,1-5H3,(H,33,35)(H,36,38)/t23-,24?/m0/s1. The molecule has 0 aliphatic carbocycles. The minimum absolute atomic E-state index is 0.0737. The van der Waals surface area contributed by atoms with E-state index in [9.17, 15) is 13.2 Å². The minimum atomic E-state index is -4.24. The molecule has 4 heterocycles. The van der Waals surface area contributed by atoms with Crippen molar-refractivity contribution >= 4 is 33.6 Å². The van der Waals surface area contributed by atoms with Crippen molar-refractivity contribution in [3.63, 3.8) is 0 Å². The van der Waals surface area contributed by atoms with E-state index in [0.29, 0.717) is 17.6 Å². The lowest BCUT2D eigenvalue weighted by Gasteiger charge is -2.34. The molecule has 2 atom stereocenters. The zero-order chi connectivity index (χ0) is 29.4. The number of hydrogen-bond acceptors (Lipinski definition) is 7. The average molecular weight is 574 g/mol. The Balaban J connectivity index is 1.58. The molecule has 3 aromatic rings. The SMILES string of the molecule is CC(C)(C)c1ccc2c(n1)N1C[C@@H](CCC(C=Cc3ccccc3)Nc3cccc(n3)S(=O)(=O)NC2=O)CC1(C)C. The van der Waals surface area contributed by atoms with E-state index in [1.54, 1.807) is 18.2 Å². The van der Waals surface area contributed by atoms with E-state index in [1.807, 2.05) is 36.4 Å².